The van der Waals surface area contributed by atoms with E-state index in [4.69, 9.17) is 11.0 Å². The number of nitrogen functional groups attached to an aromatic ring is 1. The first-order valence-electron chi connectivity index (χ1n) is 2.28. The van der Waals surface area contributed by atoms with Crippen LogP contribution in [-0.4, -0.2) is 10.3 Å². The second-order valence-corrected chi connectivity index (χ2v) is 1.43. The van der Waals surface area contributed by atoms with Crippen LogP contribution in [0.25, 0.3) is 0 Å². The summed E-state index contributed by atoms with van der Waals surface area (Å²) >= 11 is 0. The summed E-state index contributed by atoms with van der Waals surface area (Å²) in [5.41, 5.74) is 5.61. The van der Waals surface area contributed by atoms with E-state index in [1.165, 1.54) is 0 Å². The number of aromatic nitrogens is 2. The van der Waals surface area contributed by atoms with Crippen LogP contribution in [-0.2, 0) is 6.42 Å². The molecule has 1 aromatic rings. The van der Waals surface area contributed by atoms with Crippen molar-refractivity contribution < 1.29 is 4.63 Å². The molecule has 1 rings (SSSR count). The van der Waals surface area contributed by atoms with Gasteiger partial charge in [-0.05, 0) is 5.16 Å². The van der Waals surface area contributed by atoms with E-state index in [2.05, 4.69) is 14.9 Å². The highest BCUT2D eigenvalue weighted by Gasteiger charge is 2.02. The molecule has 0 saturated carbocycles. The molecule has 0 aliphatic carbocycles. The molecule has 46 valence electrons. The Morgan fingerprint density at radius 2 is 2.44 bits per heavy atom. The Morgan fingerprint density at radius 3 is 2.89 bits per heavy atom. The summed E-state index contributed by atoms with van der Waals surface area (Å²) in [5, 5.41) is 14.8. The summed E-state index contributed by atoms with van der Waals surface area (Å²) in [4.78, 5) is 0. The topological polar surface area (TPSA) is 88.7 Å². The molecule has 0 unspecified atom stereocenters. The zero-order valence-corrected chi connectivity index (χ0v) is 4.53. The van der Waals surface area contributed by atoms with Crippen molar-refractivity contribution in [2.45, 2.75) is 6.42 Å². The van der Waals surface area contributed by atoms with Crippen LogP contribution >= 0.6 is 0 Å². The monoisotopic (exact) mass is 124 g/mol. The first kappa shape index (κ1) is 5.56. The second kappa shape index (κ2) is 2.13. The Bertz CT molecular complexity index is 235. The van der Waals surface area contributed by atoms with Gasteiger partial charge in [-0.2, -0.15) is 5.26 Å². The maximum atomic E-state index is 8.15. The van der Waals surface area contributed by atoms with Gasteiger partial charge in [0.25, 0.3) is 0 Å². The van der Waals surface area contributed by atoms with Gasteiger partial charge in [-0.1, -0.05) is 5.16 Å². The molecule has 5 nitrogen and oxygen atoms in total. The first-order valence-corrected chi connectivity index (χ1v) is 2.28. The number of nitrogens with zero attached hydrogens (tertiary/aromatic N) is 3. The summed E-state index contributed by atoms with van der Waals surface area (Å²) in [7, 11) is 0. The van der Waals surface area contributed by atoms with Gasteiger partial charge in [0.1, 0.15) is 5.69 Å². The maximum absolute atomic E-state index is 8.15. The van der Waals surface area contributed by atoms with Gasteiger partial charge < -0.3 is 5.73 Å². The third-order valence-electron chi connectivity index (χ3n) is 0.832. The van der Waals surface area contributed by atoms with Crippen molar-refractivity contribution in [3.8, 4) is 6.07 Å². The van der Waals surface area contributed by atoms with Crippen LogP contribution in [0.3, 0.4) is 0 Å². The second-order valence-electron chi connectivity index (χ2n) is 1.43. The molecule has 0 bridgehead atoms. The number of rotatable bonds is 1. The van der Waals surface area contributed by atoms with E-state index in [0.29, 0.717) is 5.69 Å². The molecule has 0 aromatic carbocycles. The van der Waals surface area contributed by atoms with Gasteiger partial charge in [0.05, 0.1) is 12.5 Å². The van der Waals surface area contributed by atoms with Gasteiger partial charge in [0, 0.05) is 0 Å². The van der Waals surface area contributed by atoms with Crippen LogP contribution in [0, 0.1) is 11.3 Å². The smallest absolute Gasteiger partial charge is 0.192 e. The Kier molecular flexibility index (Phi) is 1.32. The summed E-state index contributed by atoms with van der Waals surface area (Å²) in [6, 6.07) is 1.87. The molecular formula is C4H4N4O. The SMILES string of the molecule is N#CCc1nonc1N. The first-order chi connectivity index (χ1) is 4.34. The minimum absolute atomic E-state index is 0.148. The zero-order chi connectivity index (χ0) is 6.69. The molecule has 2 N–H and O–H groups in total. The van der Waals surface area contributed by atoms with Crippen molar-refractivity contribution in [1.29, 1.82) is 5.26 Å². The Labute approximate surface area is 51.0 Å². The van der Waals surface area contributed by atoms with Gasteiger partial charge in [0.2, 0.25) is 0 Å². The number of nitrogens with two attached hydrogens (primary N) is 1. The third kappa shape index (κ3) is 0.966. The molecule has 1 heterocycles. The number of nitriles is 1. The lowest BCUT2D eigenvalue weighted by Gasteiger charge is -1.79. The fourth-order valence-corrected chi connectivity index (χ4v) is 0.411. The molecule has 0 atom stereocenters. The molecule has 0 aliphatic heterocycles. The fourth-order valence-electron chi connectivity index (χ4n) is 0.411. The van der Waals surface area contributed by atoms with E-state index < -0.39 is 0 Å². The van der Waals surface area contributed by atoms with Crippen molar-refractivity contribution in [2.24, 2.45) is 0 Å². The molecule has 0 spiro atoms. The van der Waals surface area contributed by atoms with Crippen molar-refractivity contribution in [1.82, 2.24) is 10.3 Å². The largest absolute Gasteiger partial charge is 0.379 e. The number of hydrogen-bond donors (Lipinski definition) is 1. The molecule has 9 heavy (non-hydrogen) atoms. The van der Waals surface area contributed by atoms with Gasteiger partial charge in [-0.3, -0.25) is 0 Å². The minimum Gasteiger partial charge on any atom is -0.379 e. The summed E-state index contributed by atoms with van der Waals surface area (Å²) in [6.07, 6.45) is 0.148. The summed E-state index contributed by atoms with van der Waals surface area (Å²) < 4.78 is 4.22. The molecule has 5 heteroatoms. The van der Waals surface area contributed by atoms with E-state index in [1.807, 2.05) is 6.07 Å². The van der Waals surface area contributed by atoms with Crippen LogP contribution in [0.4, 0.5) is 5.82 Å². The zero-order valence-electron chi connectivity index (χ0n) is 4.53. The van der Waals surface area contributed by atoms with Crippen molar-refractivity contribution in [3.63, 3.8) is 0 Å². The van der Waals surface area contributed by atoms with Crippen molar-refractivity contribution in [2.75, 3.05) is 5.73 Å². The van der Waals surface area contributed by atoms with E-state index in [0.717, 1.165) is 0 Å². The molecule has 0 aliphatic rings. The van der Waals surface area contributed by atoms with Crippen molar-refractivity contribution >= 4 is 5.82 Å². The van der Waals surface area contributed by atoms with E-state index in [1.54, 1.807) is 0 Å². The van der Waals surface area contributed by atoms with Crippen molar-refractivity contribution in [3.05, 3.63) is 5.69 Å². The number of hydrogen-bond acceptors (Lipinski definition) is 5. The Morgan fingerprint density at radius 1 is 1.67 bits per heavy atom. The molecular weight excluding hydrogens is 120 g/mol. The van der Waals surface area contributed by atoms with Crippen LogP contribution in [0.1, 0.15) is 5.69 Å². The van der Waals surface area contributed by atoms with Gasteiger partial charge in [-0.15, -0.1) is 0 Å². The Hall–Kier alpha value is -1.57. The molecule has 0 radical (unpaired) electrons. The average Bonchev–Trinajstić information content (AvgIpc) is 2.18. The van der Waals surface area contributed by atoms with Crippen LogP contribution < -0.4 is 5.73 Å². The van der Waals surface area contributed by atoms with Crippen LogP contribution in [0.5, 0.6) is 0 Å². The van der Waals surface area contributed by atoms with E-state index in [9.17, 15) is 0 Å². The molecule has 0 fully saturated rings. The highest BCUT2D eigenvalue weighted by molar-refractivity contribution is 5.32. The van der Waals surface area contributed by atoms with Gasteiger partial charge in [0.15, 0.2) is 5.82 Å². The molecule has 0 amide bonds. The highest BCUT2D eigenvalue weighted by atomic mass is 16.6. The van der Waals surface area contributed by atoms with Crippen LogP contribution in [0.15, 0.2) is 4.63 Å². The standard InChI is InChI=1S/C4H4N4O/c5-2-1-3-4(6)8-9-7-3/h1H2,(H2,6,8). The predicted molar refractivity (Wildman–Crippen MR) is 28.0 cm³/mol. The highest BCUT2D eigenvalue weighted by Crippen LogP contribution is 2.02. The summed E-state index contributed by atoms with van der Waals surface area (Å²) in [5.74, 6) is 0.191. The van der Waals surface area contributed by atoms with E-state index in [-0.39, 0.29) is 12.2 Å². The van der Waals surface area contributed by atoms with Crippen LogP contribution in [0.2, 0.25) is 0 Å². The Balaban J connectivity index is 2.84. The van der Waals surface area contributed by atoms with Gasteiger partial charge >= 0.3 is 0 Å². The fraction of sp³-hybridized carbons (Fsp3) is 0.250. The van der Waals surface area contributed by atoms with E-state index >= 15 is 0 Å². The molecule has 0 saturated heterocycles. The van der Waals surface area contributed by atoms with Gasteiger partial charge in [-0.25, -0.2) is 4.63 Å². The lowest BCUT2D eigenvalue weighted by molar-refractivity contribution is 0.305. The molecule has 1 aromatic heterocycles. The third-order valence-corrected chi connectivity index (χ3v) is 0.832. The lowest BCUT2D eigenvalue weighted by atomic mass is 10.3. The summed E-state index contributed by atoms with van der Waals surface area (Å²) in [6.45, 7) is 0. The minimum atomic E-state index is 0.148. The number of anilines is 1. The average molecular weight is 124 g/mol. The predicted octanol–water partition coefficient (Wildman–Crippen LogP) is -0.282. The lowest BCUT2D eigenvalue weighted by Crippen LogP contribution is -1.90. The maximum Gasteiger partial charge on any atom is 0.192 e. The quantitative estimate of drug-likeness (QED) is 0.556. The normalized spacial score (nSPS) is 8.78.